The Labute approximate surface area is 256 Å². The summed E-state index contributed by atoms with van der Waals surface area (Å²) in [6, 6.07) is 13.7. The van der Waals surface area contributed by atoms with E-state index in [1.807, 2.05) is 11.9 Å². The van der Waals surface area contributed by atoms with Gasteiger partial charge in [0.15, 0.2) is 5.82 Å². The third-order valence-electron chi connectivity index (χ3n) is 7.63. The van der Waals surface area contributed by atoms with Gasteiger partial charge in [0.2, 0.25) is 0 Å². The molecule has 1 atom stereocenters. The number of benzene rings is 1. The Morgan fingerprint density at radius 3 is 2.52 bits per heavy atom. The third kappa shape index (κ3) is 6.10. The first kappa shape index (κ1) is 30.9. The molecule has 5 rings (SSSR count). The number of amidine groups is 1. The lowest BCUT2D eigenvalue weighted by Gasteiger charge is -2.39. The number of alkyl halides is 3. The van der Waals surface area contributed by atoms with Crippen molar-refractivity contribution in [1.29, 1.82) is 5.26 Å². The average molecular weight is 627 g/mol. The standard InChI is InChI=1S/C29H30ClF3N10O/c1-2-22(38-26-20(14-34)25(36)37-17-41(26)16-35)27-39-23-5-3-4-21(30)24(23)28(44)43(27)42-12-10-40(11-13-42)15-18-6-8-19(9-7-18)29(31,32)33/h5-9,22,38H,2,10-13,15-17,35H2,1H3,(H2,36,37)/t22-/m0/s1. The highest BCUT2D eigenvalue weighted by Crippen LogP contribution is 2.29. The number of piperazine rings is 1. The third-order valence-corrected chi connectivity index (χ3v) is 7.91. The molecule has 44 heavy (non-hydrogen) atoms. The van der Waals surface area contributed by atoms with Crippen LogP contribution < -0.4 is 27.4 Å². The number of nitrogens with zero attached hydrogens (tertiary/aromatic N) is 7. The van der Waals surface area contributed by atoms with Gasteiger partial charge in [-0.1, -0.05) is 36.7 Å². The second-order valence-electron chi connectivity index (χ2n) is 10.3. The van der Waals surface area contributed by atoms with Gasteiger partial charge in [0.05, 0.1) is 29.2 Å². The van der Waals surface area contributed by atoms with Crippen LogP contribution in [0.4, 0.5) is 13.2 Å². The van der Waals surface area contributed by atoms with Crippen LogP contribution in [0.1, 0.15) is 36.3 Å². The second-order valence-corrected chi connectivity index (χ2v) is 10.7. The van der Waals surface area contributed by atoms with E-state index in [1.165, 1.54) is 16.8 Å². The maximum atomic E-state index is 14.1. The molecule has 3 aromatic rings. The summed E-state index contributed by atoms with van der Waals surface area (Å²) in [5, 5.41) is 15.3. The number of halogens is 4. The Balaban J connectivity index is 1.47. The molecule has 0 bridgehead atoms. The van der Waals surface area contributed by atoms with Crippen molar-refractivity contribution in [1.82, 2.24) is 24.8 Å². The maximum absolute atomic E-state index is 14.1. The first-order valence-corrected chi connectivity index (χ1v) is 14.3. The first-order chi connectivity index (χ1) is 21.0. The van der Waals surface area contributed by atoms with Crippen LogP contribution in [0.5, 0.6) is 0 Å². The van der Waals surface area contributed by atoms with E-state index in [2.05, 4.69) is 33.4 Å². The number of nitriles is 1. The van der Waals surface area contributed by atoms with Crippen molar-refractivity contribution >= 4 is 28.3 Å². The molecule has 5 N–H and O–H groups in total. The van der Waals surface area contributed by atoms with Gasteiger partial charge in [0, 0.05) is 38.8 Å². The van der Waals surface area contributed by atoms with Crippen LogP contribution in [0.15, 0.2) is 51.5 Å². The summed E-state index contributed by atoms with van der Waals surface area (Å²) < 4.78 is 40.4. The lowest BCUT2D eigenvalue weighted by atomic mass is 10.1. The van der Waals surface area contributed by atoms with Crippen LogP contribution in [0.25, 0.3) is 10.9 Å². The first-order valence-electron chi connectivity index (χ1n) is 13.9. The minimum Gasteiger partial charge on any atom is -0.383 e. The topological polar surface area (TPSA) is 145 Å². The summed E-state index contributed by atoms with van der Waals surface area (Å²) in [6.45, 7) is 4.53. The van der Waals surface area contributed by atoms with Gasteiger partial charge in [0.25, 0.3) is 5.56 Å². The van der Waals surface area contributed by atoms with Gasteiger partial charge in [-0.3, -0.25) is 9.69 Å². The van der Waals surface area contributed by atoms with Crippen LogP contribution in [-0.2, 0) is 12.7 Å². The van der Waals surface area contributed by atoms with E-state index in [1.54, 1.807) is 11.0 Å². The van der Waals surface area contributed by atoms with E-state index < -0.39 is 17.8 Å². The monoisotopic (exact) mass is 626 g/mol. The highest BCUT2D eigenvalue weighted by Gasteiger charge is 2.31. The number of nitrogens with one attached hydrogen (secondary N) is 1. The van der Waals surface area contributed by atoms with E-state index in [0.717, 1.165) is 17.7 Å². The van der Waals surface area contributed by atoms with Crippen molar-refractivity contribution < 1.29 is 13.2 Å². The van der Waals surface area contributed by atoms with Gasteiger partial charge in [-0.25, -0.2) is 14.7 Å². The molecule has 2 aliphatic rings. The molecule has 0 radical (unpaired) electrons. The molecule has 3 heterocycles. The summed E-state index contributed by atoms with van der Waals surface area (Å²) >= 11 is 6.40. The fraction of sp³-hybridized carbons (Fsp3) is 0.379. The number of aromatic nitrogens is 2. The SMILES string of the molecule is CC[C@H](NC1=C(C#N)C(N)=NCN1CN)c1nc2cc#cc(Cl)c2c(=O)n1N1CCN(Cc2ccc(C(F)(F)F)cc2)CC1. The van der Waals surface area contributed by atoms with E-state index in [4.69, 9.17) is 28.1 Å². The van der Waals surface area contributed by atoms with Gasteiger partial charge in [-0.2, -0.15) is 18.4 Å². The van der Waals surface area contributed by atoms with Crippen molar-refractivity contribution in [3.8, 4) is 6.07 Å². The Hall–Kier alpha value is -4.50. The highest BCUT2D eigenvalue weighted by molar-refractivity contribution is 6.34. The second kappa shape index (κ2) is 12.6. The van der Waals surface area contributed by atoms with Crippen LogP contribution in [0, 0.1) is 23.5 Å². The molecule has 230 valence electrons. The lowest BCUT2D eigenvalue weighted by Crippen LogP contribution is -2.55. The molecule has 0 amide bonds. The number of hydrogen-bond acceptors (Lipinski definition) is 10. The summed E-state index contributed by atoms with van der Waals surface area (Å²) in [6.07, 6.45) is -3.92. The van der Waals surface area contributed by atoms with Gasteiger partial charge in [-0.15, -0.1) is 0 Å². The van der Waals surface area contributed by atoms with Crippen LogP contribution in [0.2, 0.25) is 5.02 Å². The molecule has 11 nitrogen and oxygen atoms in total. The van der Waals surface area contributed by atoms with E-state index in [9.17, 15) is 23.2 Å². The lowest BCUT2D eigenvalue weighted by molar-refractivity contribution is -0.137. The number of rotatable bonds is 8. The predicted octanol–water partition coefficient (Wildman–Crippen LogP) is 2.45. The molecule has 15 heteroatoms. The smallest absolute Gasteiger partial charge is 0.383 e. The quantitative estimate of drug-likeness (QED) is 0.343. The van der Waals surface area contributed by atoms with E-state index in [0.29, 0.717) is 56.3 Å². The van der Waals surface area contributed by atoms with Crippen molar-refractivity contribution in [3.63, 3.8) is 0 Å². The molecule has 2 aliphatic heterocycles. The summed E-state index contributed by atoms with van der Waals surface area (Å²) in [4.78, 5) is 26.8. The van der Waals surface area contributed by atoms with Crippen molar-refractivity contribution in [3.05, 3.63) is 86.2 Å². The molecule has 0 saturated carbocycles. The molecule has 0 aliphatic carbocycles. The Bertz CT molecular complexity index is 1690. The average Bonchev–Trinajstić information content (AvgIpc) is 3.00. The van der Waals surface area contributed by atoms with Crippen molar-refractivity contribution in [2.24, 2.45) is 16.5 Å². The van der Waals surface area contributed by atoms with Gasteiger partial charge in [0.1, 0.15) is 35.0 Å². The van der Waals surface area contributed by atoms with Crippen LogP contribution in [0.3, 0.4) is 0 Å². The molecule has 2 aromatic carbocycles. The number of fused-ring (bicyclic) bond motifs is 1. The summed E-state index contributed by atoms with van der Waals surface area (Å²) in [7, 11) is 0. The van der Waals surface area contributed by atoms with Gasteiger partial charge >= 0.3 is 6.18 Å². The molecule has 0 unspecified atom stereocenters. The van der Waals surface area contributed by atoms with Crippen LogP contribution >= 0.6 is 11.6 Å². The molecular weight excluding hydrogens is 597 g/mol. The minimum absolute atomic E-state index is 0.0694. The van der Waals surface area contributed by atoms with Crippen molar-refractivity contribution in [2.45, 2.75) is 32.1 Å². The fourth-order valence-corrected chi connectivity index (χ4v) is 5.50. The molecular formula is C29H30ClF3N10O. The molecule has 0 spiro atoms. The zero-order valence-corrected chi connectivity index (χ0v) is 24.6. The number of nitrogens with two attached hydrogens (primary N) is 2. The normalized spacial score (nSPS) is 16.9. The summed E-state index contributed by atoms with van der Waals surface area (Å²) in [5.41, 5.74) is 12.1. The Kier molecular flexibility index (Phi) is 8.87. The van der Waals surface area contributed by atoms with Gasteiger partial charge in [-0.05, 0) is 30.2 Å². The minimum atomic E-state index is -4.39. The predicted molar refractivity (Wildman–Crippen MR) is 160 cm³/mol. The van der Waals surface area contributed by atoms with Gasteiger partial charge < -0.3 is 26.7 Å². The fourth-order valence-electron chi connectivity index (χ4n) is 5.27. The summed E-state index contributed by atoms with van der Waals surface area (Å²) in [5.74, 6) is 0.863. The zero-order chi connectivity index (χ0) is 31.6. The Morgan fingerprint density at radius 2 is 1.91 bits per heavy atom. The highest BCUT2D eigenvalue weighted by atomic mass is 35.5. The number of aliphatic imine (C=N–C) groups is 1. The largest absolute Gasteiger partial charge is 0.416 e. The Morgan fingerprint density at radius 1 is 1.20 bits per heavy atom. The van der Waals surface area contributed by atoms with E-state index in [-0.39, 0.29) is 40.7 Å². The maximum Gasteiger partial charge on any atom is 0.416 e. The van der Waals surface area contributed by atoms with Crippen molar-refractivity contribution in [2.75, 3.05) is 44.5 Å². The zero-order valence-electron chi connectivity index (χ0n) is 23.8. The van der Waals surface area contributed by atoms with Crippen LogP contribution in [-0.4, -0.2) is 64.8 Å². The number of hydrogen-bond donors (Lipinski definition) is 3. The molecule has 1 aromatic heterocycles. The molecule has 1 fully saturated rings. The van der Waals surface area contributed by atoms with E-state index >= 15 is 0 Å². The molecule has 1 saturated heterocycles.